The van der Waals surface area contributed by atoms with Gasteiger partial charge < -0.3 is 14.8 Å². The number of rotatable bonds is 2. The minimum atomic E-state index is -4.67. The zero-order valence-corrected chi connectivity index (χ0v) is 17.2. The lowest BCUT2D eigenvalue weighted by Gasteiger charge is -2.35. The zero-order valence-electron chi connectivity index (χ0n) is 17.2. The molecule has 4 rings (SSSR count). The van der Waals surface area contributed by atoms with Crippen LogP contribution in [0.4, 0.5) is 13.2 Å². The van der Waals surface area contributed by atoms with Gasteiger partial charge in [-0.3, -0.25) is 9.20 Å². The number of hydrogen-bond donors (Lipinski definition) is 2. The summed E-state index contributed by atoms with van der Waals surface area (Å²) in [5, 5.41) is 9.37. The normalized spacial score (nSPS) is 16.2. The molecule has 0 aromatic carbocycles. The second-order valence-electron chi connectivity index (χ2n) is 8.66. The van der Waals surface area contributed by atoms with Crippen LogP contribution >= 0.6 is 0 Å². The Morgan fingerprint density at radius 2 is 1.97 bits per heavy atom. The standard InChI is InChI=1S/C21H20F3N3O4/c1-20(2,3)12-7-14-16(15-10(12)6-11(19(29)30)18(28)26-15)25-17-13(21(22,23)24)5-9(31-4)8-27(14)17/h5-6,8,12H,7H2,1-4H3,(H,26,28)(H,29,30)/t12-/m0/s1. The highest BCUT2D eigenvalue weighted by Gasteiger charge is 2.40. The molecule has 31 heavy (non-hydrogen) atoms. The average molecular weight is 435 g/mol. The number of halogens is 3. The van der Waals surface area contributed by atoms with E-state index < -0.39 is 28.8 Å². The number of nitrogens with one attached hydrogen (secondary N) is 1. The van der Waals surface area contributed by atoms with Crippen molar-refractivity contribution in [2.24, 2.45) is 5.41 Å². The van der Waals surface area contributed by atoms with Gasteiger partial charge in [0.1, 0.15) is 28.2 Å². The first-order chi connectivity index (χ1) is 14.3. The summed E-state index contributed by atoms with van der Waals surface area (Å²) in [5.41, 5.74) is -1.42. The number of fused-ring (bicyclic) bond motifs is 5. The predicted molar refractivity (Wildman–Crippen MR) is 106 cm³/mol. The molecule has 2 N–H and O–H groups in total. The first-order valence-electron chi connectivity index (χ1n) is 9.50. The lowest BCUT2D eigenvalue weighted by atomic mass is 9.70. The van der Waals surface area contributed by atoms with Crippen LogP contribution < -0.4 is 10.3 Å². The van der Waals surface area contributed by atoms with Crippen molar-refractivity contribution in [1.29, 1.82) is 0 Å². The van der Waals surface area contributed by atoms with Crippen LogP contribution in [-0.4, -0.2) is 32.6 Å². The highest BCUT2D eigenvalue weighted by molar-refractivity contribution is 5.88. The summed E-state index contributed by atoms with van der Waals surface area (Å²) in [5.74, 6) is -1.63. The van der Waals surface area contributed by atoms with E-state index in [2.05, 4.69) is 9.97 Å². The van der Waals surface area contributed by atoms with E-state index >= 15 is 0 Å². The van der Waals surface area contributed by atoms with Crippen molar-refractivity contribution in [3.05, 3.63) is 51.1 Å². The number of carboxylic acid groups (broad SMARTS) is 1. The third-order valence-corrected chi connectivity index (χ3v) is 5.69. The van der Waals surface area contributed by atoms with Crippen LogP contribution in [0.25, 0.3) is 17.0 Å². The fourth-order valence-electron chi connectivity index (χ4n) is 4.13. The molecule has 3 aromatic heterocycles. The monoisotopic (exact) mass is 435 g/mol. The first-order valence-corrected chi connectivity index (χ1v) is 9.50. The second kappa shape index (κ2) is 6.60. The summed E-state index contributed by atoms with van der Waals surface area (Å²) in [6, 6.07) is 2.19. The van der Waals surface area contributed by atoms with E-state index in [1.54, 1.807) is 0 Å². The van der Waals surface area contributed by atoms with Gasteiger partial charge in [0.25, 0.3) is 5.56 Å². The van der Waals surface area contributed by atoms with Crippen LogP contribution in [-0.2, 0) is 12.6 Å². The van der Waals surface area contributed by atoms with Gasteiger partial charge in [-0.25, -0.2) is 9.78 Å². The summed E-state index contributed by atoms with van der Waals surface area (Å²) in [4.78, 5) is 30.7. The molecular weight excluding hydrogens is 415 g/mol. The van der Waals surface area contributed by atoms with Gasteiger partial charge in [-0.1, -0.05) is 20.8 Å². The first kappa shape index (κ1) is 21.0. The van der Waals surface area contributed by atoms with Gasteiger partial charge >= 0.3 is 12.1 Å². The number of aromatic amines is 1. The number of ether oxygens (including phenoxy) is 1. The molecule has 0 saturated carbocycles. The molecule has 0 saturated heterocycles. The smallest absolute Gasteiger partial charge is 0.420 e. The highest BCUT2D eigenvalue weighted by Crippen LogP contribution is 2.47. The summed E-state index contributed by atoms with van der Waals surface area (Å²) in [6.45, 7) is 5.84. The number of alkyl halides is 3. The van der Waals surface area contributed by atoms with Gasteiger partial charge in [0, 0.05) is 0 Å². The molecule has 0 bridgehead atoms. The number of nitrogens with zero attached hydrogens (tertiary/aromatic N) is 2. The van der Waals surface area contributed by atoms with Crippen molar-refractivity contribution < 1.29 is 27.8 Å². The molecular formula is C21H20F3N3O4. The van der Waals surface area contributed by atoms with Crippen LogP contribution in [0.3, 0.4) is 0 Å². The number of carbonyl (C=O) groups is 1. The summed E-state index contributed by atoms with van der Waals surface area (Å²) >= 11 is 0. The van der Waals surface area contributed by atoms with Crippen LogP contribution in [0.15, 0.2) is 23.1 Å². The number of aromatic nitrogens is 3. The Hall–Kier alpha value is -3.30. The molecule has 0 amide bonds. The Labute approximate surface area is 174 Å². The minimum absolute atomic E-state index is 0.0212. The van der Waals surface area contributed by atoms with Crippen molar-refractivity contribution in [3.8, 4) is 17.1 Å². The molecule has 1 atom stereocenters. The van der Waals surface area contributed by atoms with Crippen LogP contribution in [0.1, 0.15) is 53.9 Å². The third-order valence-electron chi connectivity index (χ3n) is 5.69. The van der Waals surface area contributed by atoms with E-state index in [1.165, 1.54) is 23.8 Å². The molecule has 7 nitrogen and oxygen atoms in total. The van der Waals surface area contributed by atoms with Crippen molar-refractivity contribution in [2.45, 2.75) is 39.3 Å². The van der Waals surface area contributed by atoms with Gasteiger partial charge in [-0.2, -0.15) is 13.2 Å². The van der Waals surface area contributed by atoms with Crippen molar-refractivity contribution >= 4 is 11.6 Å². The molecule has 0 fully saturated rings. The summed E-state index contributed by atoms with van der Waals surface area (Å²) in [6.07, 6.45) is -2.93. The van der Waals surface area contributed by atoms with E-state index in [0.29, 0.717) is 17.7 Å². The van der Waals surface area contributed by atoms with Gasteiger partial charge in [-0.05, 0) is 35.4 Å². The number of carboxylic acids is 1. The Kier molecular flexibility index (Phi) is 4.46. The number of pyridine rings is 2. The number of aromatic carboxylic acids is 1. The predicted octanol–water partition coefficient (Wildman–Crippen LogP) is 4.10. The van der Waals surface area contributed by atoms with Crippen molar-refractivity contribution in [3.63, 3.8) is 0 Å². The molecule has 1 aliphatic carbocycles. The molecule has 0 radical (unpaired) electrons. The van der Waals surface area contributed by atoms with Gasteiger partial charge in [0.2, 0.25) is 0 Å². The van der Waals surface area contributed by atoms with E-state index in [4.69, 9.17) is 4.74 Å². The largest absolute Gasteiger partial charge is 0.495 e. The zero-order chi connectivity index (χ0) is 22.9. The molecule has 164 valence electrons. The fourth-order valence-corrected chi connectivity index (χ4v) is 4.13. The molecule has 0 aliphatic heterocycles. The highest BCUT2D eigenvalue weighted by atomic mass is 19.4. The summed E-state index contributed by atoms with van der Waals surface area (Å²) < 4.78 is 47.6. The molecule has 3 heterocycles. The van der Waals surface area contributed by atoms with Crippen LogP contribution in [0.2, 0.25) is 0 Å². The van der Waals surface area contributed by atoms with E-state index in [9.17, 15) is 27.9 Å². The quantitative estimate of drug-likeness (QED) is 0.632. The molecule has 0 unspecified atom stereocenters. The lowest BCUT2D eigenvalue weighted by Crippen LogP contribution is -2.29. The van der Waals surface area contributed by atoms with Crippen molar-refractivity contribution in [2.75, 3.05) is 7.11 Å². The van der Waals surface area contributed by atoms with Crippen LogP contribution in [0.5, 0.6) is 5.75 Å². The van der Waals surface area contributed by atoms with E-state index in [1.807, 2.05) is 20.8 Å². The average Bonchev–Trinajstić information content (AvgIpc) is 3.02. The SMILES string of the molecule is COc1cc(C(F)(F)F)c2nc3c(n2c1)C[C@H](C(C)(C)C)c1cc(C(=O)O)c(=O)[nH]c1-3. The molecule has 3 aromatic rings. The Bertz CT molecular complexity index is 1280. The maximum atomic E-state index is 13.7. The van der Waals surface area contributed by atoms with E-state index in [-0.39, 0.29) is 34.1 Å². The van der Waals surface area contributed by atoms with Gasteiger partial charge in [-0.15, -0.1) is 0 Å². The number of imidazole rings is 1. The van der Waals surface area contributed by atoms with Crippen molar-refractivity contribution in [1.82, 2.24) is 14.4 Å². The van der Waals surface area contributed by atoms with Gasteiger partial charge in [0.05, 0.1) is 24.7 Å². The van der Waals surface area contributed by atoms with Gasteiger partial charge in [0.15, 0.2) is 0 Å². The topological polar surface area (TPSA) is 96.7 Å². The third kappa shape index (κ3) is 3.26. The Balaban J connectivity index is 2.11. The Morgan fingerprint density at radius 3 is 2.52 bits per heavy atom. The molecule has 0 spiro atoms. The maximum absolute atomic E-state index is 13.7. The number of methoxy groups -OCH3 is 1. The maximum Gasteiger partial charge on any atom is 0.420 e. The minimum Gasteiger partial charge on any atom is -0.495 e. The number of H-pyrrole nitrogens is 1. The fraction of sp³-hybridized carbons (Fsp3) is 0.381. The molecule has 1 aliphatic rings. The Morgan fingerprint density at radius 1 is 1.29 bits per heavy atom. The second-order valence-corrected chi connectivity index (χ2v) is 8.66. The summed E-state index contributed by atoms with van der Waals surface area (Å²) in [7, 11) is 1.28. The van der Waals surface area contributed by atoms with E-state index in [0.717, 1.165) is 6.07 Å². The lowest BCUT2D eigenvalue weighted by molar-refractivity contribution is -0.136. The van der Waals surface area contributed by atoms with Crippen LogP contribution in [0, 0.1) is 5.41 Å². The molecule has 10 heteroatoms. The number of hydrogen-bond acceptors (Lipinski definition) is 4.